The van der Waals surface area contributed by atoms with Gasteiger partial charge in [0.05, 0.1) is 12.6 Å². The summed E-state index contributed by atoms with van der Waals surface area (Å²) in [6, 6.07) is 9.92. The van der Waals surface area contributed by atoms with Crippen molar-refractivity contribution in [3.05, 3.63) is 35.9 Å². The van der Waals surface area contributed by atoms with Crippen molar-refractivity contribution in [2.75, 3.05) is 26.2 Å². The summed E-state index contributed by atoms with van der Waals surface area (Å²) in [5, 5.41) is 6.13. The van der Waals surface area contributed by atoms with Crippen LogP contribution >= 0.6 is 24.0 Å². The van der Waals surface area contributed by atoms with Gasteiger partial charge in [-0.3, -0.25) is 9.89 Å². The van der Waals surface area contributed by atoms with E-state index in [1.165, 1.54) is 12.8 Å². The minimum Gasteiger partial charge on any atom is -0.444 e. The number of alkyl carbamates (subject to hydrolysis) is 1. The molecule has 2 unspecified atom stereocenters. The molecular weight excluding hydrogens is 481 g/mol. The van der Waals surface area contributed by atoms with Crippen molar-refractivity contribution < 1.29 is 9.53 Å². The molecule has 1 aliphatic heterocycles. The topological polar surface area (TPSA) is 92.0 Å². The molecule has 2 atom stereocenters. The molecule has 4 N–H and O–H groups in total. The minimum atomic E-state index is -0.554. The summed E-state index contributed by atoms with van der Waals surface area (Å²) in [5.41, 5.74) is 6.48. The maximum atomic E-state index is 12.2. The van der Waals surface area contributed by atoms with Crippen LogP contribution in [0.25, 0.3) is 0 Å². The number of benzene rings is 1. The number of likely N-dealkylation sites (tertiary alicyclic amines) is 1. The molecule has 0 aromatic heterocycles. The predicted octanol–water partition coefficient (Wildman–Crippen LogP) is 3.26. The zero-order valence-electron chi connectivity index (χ0n) is 18.0. The van der Waals surface area contributed by atoms with E-state index in [4.69, 9.17) is 10.5 Å². The first-order valence-electron chi connectivity index (χ1n) is 10.1. The number of amides is 1. The van der Waals surface area contributed by atoms with Gasteiger partial charge in [0.2, 0.25) is 0 Å². The van der Waals surface area contributed by atoms with Crippen molar-refractivity contribution >= 4 is 36.0 Å². The highest BCUT2D eigenvalue weighted by molar-refractivity contribution is 14.0. The first kappa shape index (κ1) is 25.5. The van der Waals surface area contributed by atoms with Crippen LogP contribution < -0.4 is 16.4 Å². The average molecular weight is 517 g/mol. The van der Waals surface area contributed by atoms with Gasteiger partial charge in [-0.2, -0.15) is 0 Å². The Morgan fingerprint density at radius 3 is 2.66 bits per heavy atom. The Labute approximate surface area is 191 Å². The third kappa shape index (κ3) is 9.20. The van der Waals surface area contributed by atoms with Crippen LogP contribution in [0.3, 0.4) is 0 Å². The number of aliphatic imine (C=N–C) groups is 1. The number of likely N-dealkylation sites (N-methyl/N-ethyl adjacent to an activating group) is 1. The first-order valence-corrected chi connectivity index (χ1v) is 10.1. The number of nitrogens with zero attached hydrogens (tertiary/aromatic N) is 2. The molecule has 1 aromatic rings. The van der Waals surface area contributed by atoms with Gasteiger partial charge in [0, 0.05) is 12.6 Å². The van der Waals surface area contributed by atoms with Gasteiger partial charge in [-0.15, -0.1) is 24.0 Å². The SMILES string of the molecule is CCN1CCCC1CNC(N)=NCC(NC(=O)OC(C)(C)C)c1ccccc1.I. The van der Waals surface area contributed by atoms with Gasteiger partial charge in [-0.25, -0.2) is 4.79 Å². The van der Waals surface area contributed by atoms with Crippen LogP contribution in [-0.4, -0.2) is 54.8 Å². The Morgan fingerprint density at radius 2 is 2.03 bits per heavy atom. The highest BCUT2D eigenvalue weighted by atomic mass is 127. The fourth-order valence-corrected chi connectivity index (χ4v) is 3.38. The average Bonchev–Trinajstić information content (AvgIpc) is 3.10. The number of nitrogens with two attached hydrogens (primary N) is 1. The fourth-order valence-electron chi connectivity index (χ4n) is 3.38. The maximum absolute atomic E-state index is 12.2. The number of rotatable bonds is 7. The van der Waals surface area contributed by atoms with Gasteiger partial charge in [0.15, 0.2) is 5.96 Å². The summed E-state index contributed by atoms with van der Waals surface area (Å²) < 4.78 is 5.38. The number of ether oxygens (including phenoxy) is 1. The van der Waals surface area contributed by atoms with Crippen molar-refractivity contribution in [2.45, 2.75) is 58.2 Å². The van der Waals surface area contributed by atoms with E-state index in [2.05, 4.69) is 27.4 Å². The van der Waals surface area contributed by atoms with Gasteiger partial charge < -0.3 is 21.1 Å². The predicted molar refractivity (Wildman–Crippen MR) is 129 cm³/mol. The lowest BCUT2D eigenvalue weighted by Crippen LogP contribution is -2.43. The smallest absolute Gasteiger partial charge is 0.408 e. The van der Waals surface area contributed by atoms with Crippen molar-refractivity contribution in [1.82, 2.24) is 15.5 Å². The normalized spacial score (nSPS) is 18.6. The van der Waals surface area contributed by atoms with Crippen LogP contribution in [0, 0.1) is 0 Å². The maximum Gasteiger partial charge on any atom is 0.408 e. The Morgan fingerprint density at radius 1 is 1.34 bits per heavy atom. The molecule has 1 fully saturated rings. The number of hydrogen-bond donors (Lipinski definition) is 3. The molecule has 1 saturated heterocycles. The molecule has 2 rings (SSSR count). The van der Waals surface area contributed by atoms with E-state index in [1.807, 2.05) is 51.1 Å². The van der Waals surface area contributed by atoms with E-state index in [0.29, 0.717) is 18.5 Å². The summed E-state index contributed by atoms with van der Waals surface area (Å²) in [5.74, 6) is 0.398. The summed E-state index contributed by atoms with van der Waals surface area (Å²) in [7, 11) is 0. The standard InChI is InChI=1S/C21H35N5O2.HI/c1-5-26-13-9-12-17(26)14-23-19(22)24-15-18(16-10-7-6-8-11-16)25-20(27)28-21(2,3)4;/h6-8,10-11,17-18H,5,9,12-15H2,1-4H3,(H,25,27)(H3,22,23,24);1H. The number of carbonyl (C=O) groups excluding carboxylic acids is 1. The lowest BCUT2D eigenvalue weighted by molar-refractivity contribution is 0.0505. The summed E-state index contributed by atoms with van der Waals surface area (Å²) >= 11 is 0. The fraction of sp³-hybridized carbons (Fsp3) is 0.619. The van der Waals surface area contributed by atoms with Crippen molar-refractivity contribution in [2.24, 2.45) is 10.7 Å². The van der Waals surface area contributed by atoms with Gasteiger partial charge in [-0.1, -0.05) is 37.3 Å². The van der Waals surface area contributed by atoms with Crippen LogP contribution in [0.1, 0.15) is 52.1 Å². The lowest BCUT2D eigenvalue weighted by atomic mass is 10.1. The molecule has 0 saturated carbocycles. The molecule has 1 heterocycles. The van der Waals surface area contributed by atoms with E-state index in [0.717, 1.165) is 25.2 Å². The van der Waals surface area contributed by atoms with E-state index in [-0.39, 0.29) is 30.0 Å². The number of hydrogen-bond acceptors (Lipinski definition) is 4. The summed E-state index contributed by atoms with van der Waals surface area (Å²) in [6.07, 6.45) is 1.95. The van der Waals surface area contributed by atoms with Crippen molar-refractivity contribution in [1.29, 1.82) is 0 Å². The van der Waals surface area contributed by atoms with Gasteiger partial charge in [0.1, 0.15) is 5.60 Å². The first-order chi connectivity index (χ1) is 13.3. The molecule has 164 valence electrons. The van der Waals surface area contributed by atoms with Gasteiger partial charge >= 0.3 is 6.09 Å². The Kier molecular flexibility index (Phi) is 10.7. The van der Waals surface area contributed by atoms with Crippen molar-refractivity contribution in [3.8, 4) is 0 Å². The van der Waals surface area contributed by atoms with Crippen LogP contribution in [-0.2, 0) is 4.74 Å². The monoisotopic (exact) mass is 517 g/mol. The second kappa shape index (κ2) is 12.2. The Bertz CT molecular complexity index is 648. The van der Waals surface area contributed by atoms with Gasteiger partial charge in [-0.05, 0) is 52.3 Å². The van der Waals surface area contributed by atoms with Crippen molar-refractivity contribution in [3.63, 3.8) is 0 Å². The highest BCUT2D eigenvalue weighted by Gasteiger charge is 2.23. The number of guanidine groups is 1. The number of halogens is 1. The second-order valence-electron chi connectivity index (χ2n) is 8.14. The molecule has 0 spiro atoms. The molecule has 1 aliphatic rings. The zero-order chi connectivity index (χ0) is 20.6. The molecular formula is C21H36IN5O2. The van der Waals surface area contributed by atoms with Gasteiger partial charge in [0.25, 0.3) is 0 Å². The quantitative estimate of drug-likeness (QED) is 0.294. The Balaban J connectivity index is 0.00000420. The molecule has 0 radical (unpaired) electrons. The third-order valence-corrected chi connectivity index (χ3v) is 4.76. The zero-order valence-corrected chi connectivity index (χ0v) is 20.3. The molecule has 8 heteroatoms. The third-order valence-electron chi connectivity index (χ3n) is 4.76. The van der Waals surface area contributed by atoms with E-state index >= 15 is 0 Å². The van der Waals surface area contributed by atoms with E-state index in [1.54, 1.807) is 0 Å². The summed E-state index contributed by atoms with van der Waals surface area (Å²) in [4.78, 5) is 19.1. The minimum absolute atomic E-state index is 0. The van der Waals surface area contributed by atoms with E-state index < -0.39 is 11.7 Å². The molecule has 7 nitrogen and oxygen atoms in total. The highest BCUT2D eigenvalue weighted by Crippen LogP contribution is 2.16. The Hall–Kier alpha value is -1.55. The molecule has 1 amide bonds. The van der Waals surface area contributed by atoms with Crippen LogP contribution in [0.15, 0.2) is 35.3 Å². The van der Waals surface area contributed by atoms with Crippen LogP contribution in [0.4, 0.5) is 4.79 Å². The largest absolute Gasteiger partial charge is 0.444 e. The number of carbonyl (C=O) groups is 1. The molecule has 29 heavy (non-hydrogen) atoms. The second-order valence-corrected chi connectivity index (χ2v) is 8.14. The number of nitrogens with one attached hydrogen (secondary N) is 2. The molecule has 0 aliphatic carbocycles. The van der Waals surface area contributed by atoms with Crippen LogP contribution in [0.5, 0.6) is 0 Å². The lowest BCUT2D eigenvalue weighted by Gasteiger charge is -2.24. The molecule has 1 aromatic carbocycles. The summed E-state index contributed by atoms with van der Waals surface area (Å²) in [6.45, 7) is 11.0. The molecule has 0 bridgehead atoms. The van der Waals surface area contributed by atoms with E-state index in [9.17, 15) is 4.79 Å². The van der Waals surface area contributed by atoms with Crippen LogP contribution in [0.2, 0.25) is 0 Å².